The van der Waals surface area contributed by atoms with E-state index in [2.05, 4.69) is 25.5 Å². The first kappa shape index (κ1) is 13.9. The maximum Gasteiger partial charge on any atom is 0.251 e. The van der Waals surface area contributed by atoms with Crippen molar-refractivity contribution in [1.29, 1.82) is 0 Å². The summed E-state index contributed by atoms with van der Waals surface area (Å²) in [6, 6.07) is 5.40. The van der Waals surface area contributed by atoms with Crippen LogP contribution < -0.4 is 10.6 Å². The van der Waals surface area contributed by atoms with Gasteiger partial charge >= 0.3 is 0 Å². The Morgan fingerprint density at radius 1 is 1.19 bits per heavy atom. The number of benzene rings is 1. The van der Waals surface area contributed by atoms with Crippen LogP contribution in [0.2, 0.25) is 0 Å². The van der Waals surface area contributed by atoms with Crippen LogP contribution in [0.15, 0.2) is 30.6 Å². The number of aromatic nitrogens is 2. The molecule has 0 bridgehead atoms. The normalized spacial score (nSPS) is 16.0. The zero-order valence-electron chi connectivity index (χ0n) is 11.9. The maximum atomic E-state index is 12.1. The van der Waals surface area contributed by atoms with E-state index in [0.29, 0.717) is 12.1 Å². The molecule has 0 atom stereocenters. The van der Waals surface area contributed by atoms with Gasteiger partial charge in [0.15, 0.2) is 0 Å². The molecule has 0 spiro atoms. The average Bonchev–Trinajstić information content (AvgIpc) is 2.55. The Balaban J connectivity index is 1.56. The monoisotopic (exact) mass is 285 g/mol. The minimum Gasteiger partial charge on any atom is -0.351 e. The van der Waals surface area contributed by atoms with Gasteiger partial charge in [-0.15, -0.1) is 0 Å². The molecule has 0 aliphatic carbocycles. The van der Waals surface area contributed by atoms with E-state index in [-0.39, 0.29) is 5.91 Å². The summed E-state index contributed by atoms with van der Waals surface area (Å²) < 4.78 is 0. The summed E-state index contributed by atoms with van der Waals surface area (Å²) >= 11 is 0. The highest BCUT2D eigenvalue weighted by Crippen LogP contribution is 2.10. The van der Waals surface area contributed by atoms with Gasteiger partial charge in [0.25, 0.3) is 5.91 Å². The zero-order valence-corrected chi connectivity index (χ0v) is 11.9. The molecule has 21 heavy (non-hydrogen) atoms. The number of fused-ring (bicyclic) bond motifs is 1. The van der Waals surface area contributed by atoms with E-state index in [1.54, 1.807) is 24.5 Å². The van der Waals surface area contributed by atoms with Gasteiger partial charge in [0, 0.05) is 57.2 Å². The summed E-state index contributed by atoms with van der Waals surface area (Å²) in [7, 11) is 0. The van der Waals surface area contributed by atoms with E-state index < -0.39 is 0 Å². The van der Waals surface area contributed by atoms with Gasteiger partial charge in [-0.25, -0.2) is 0 Å². The summed E-state index contributed by atoms with van der Waals surface area (Å²) in [5.41, 5.74) is 2.17. The molecule has 2 heterocycles. The fourth-order valence-electron chi connectivity index (χ4n) is 2.47. The van der Waals surface area contributed by atoms with Crippen molar-refractivity contribution >= 4 is 16.9 Å². The highest BCUT2D eigenvalue weighted by atomic mass is 16.1. The molecule has 1 amide bonds. The van der Waals surface area contributed by atoms with Gasteiger partial charge in [-0.3, -0.25) is 19.7 Å². The van der Waals surface area contributed by atoms with Crippen molar-refractivity contribution in [2.75, 3.05) is 39.3 Å². The highest BCUT2D eigenvalue weighted by Gasteiger charge is 2.10. The quantitative estimate of drug-likeness (QED) is 0.843. The van der Waals surface area contributed by atoms with Gasteiger partial charge in [0.2, 0.25) is 0 Å². The lowest BCUT2D eigenvalue weighted by Crippen LogP contribution is -2.46. The Kier molecular flexibility index (Phi) is 4.37. The first-order valence-corrected chi connectivity index (χ1v) is 7.25. The molecule has 1 saturated heterocycles. The molecule has 2 aromatic rings. The Bertz CT molecular complexity index is 624. The number of rotatable bonds is 4. The lowest BCUT2D eigenvalue weighted by molar-refractivity contribution is 0.0947. The Morgan fingerprint density at radius 2 is 1.95 bits per heavy atom. The topological polar surface area (TPSA) is 70.2 Å². The summed E-state index contributed by atoms with van der Waals surface area (Å²) in [6.07, 6.45) is 3.28. The molecular formula is C15H19N5O. The van der Waals surface area contributed by atoms with E-state index in [4.69, 9.17) is 0 Å². The number of carbonyl (C=O) groups excluding carboxylic acids is 1. The van der Waals surface area contributed by atoms with Gasteiger partial charge < -0.3 is 10.6 Å². The fourth-order valence-corrected chi connectivity index (χ4v) is 2.47. The minimum atomic E-state index is -0.0577. The Morgan fingerprint density at radius 3 is 2.76 bits per heavy atom. The van der Waals surface area contributed by atoms with E-state index in [0.717, 1.165) is 43.8 Å². The lowest BCUT2D eigenvalue weighted by atomic mass is 10.2. The standard InChI is InChI=1S/C15H19N5O/c21-15(19-7-10-20-8-5-16-6-9-20)12-1-2-13-14(11-12)18-4-3-17-13/h1-4,11,16H,5-10H2,(H,19,21). The van der Waals surface area contributed by atoms with E-state index in [9.17, 15) is 4.79 Å². The smallest absolute Gasteiger partial charge is 0.251 e. The fraction of sp³-hybridized carbons (Fsp3) is 0.400. The molecule has 110 valence electrons. The van der Waals surface area contributed by atoms with Gasteiger partial charge in [-0.2, -0.15) is 0 Å². The molecule has 1 aromatic heterocycles. The molecule has 3 rings (SSSR count). The lowest BCUT2D eigenvalue weighted by Gasteiger charge is -2.27. The van der Waals surface area contributed by atoms with Crippen molar-refractivity contribution in [3.63, 3.8) is 0 Å². The number of hydrogen-bond donors (Lipinski definition) is 2. The molecule has 1 aliphatic heterocycles. The van der Waals surface area contributed by atoms with Crippen LogP contribution in [-0.4, -0.2) is 60.0 Å². The average molecular weight is 285 g/mol. The Labute approximate surface area is 123 Å². The van der Waals surface area contributed by atoms with Crippen molar-refractivity contribution in [3.8, 4) is 0 Å². The molecule has 6 heteroatoms. The van der Waals surface area contributed by atoms with Gasteiger partial charge in [-0.05, 0) is 18.2 Å². The predicted octanol–water partition coefficient (Wildman–Crippen LogP) is 0.265. The summed E-state index contributed by atoms with van der Waals surface area (Å²) in [6.45, 7) is 5.69. The minimum absolute atomic E-state index is 0.0577. The first-order valence-electron chi connectivity index (χ1n) is 7.25. The maximum absolute atomic E-state index is 12.1. The second-order valence-corrected chi connectivity index (χ2v) is 5.11. The largest absolute Gasteiger partial charge is 0.351 e. The molecule has 0 radical (unpaired) electrons. The number of piperazine rings is 1. The third-order valence-electron chi connectivity index (χ3n) is 3.65. The van der Waals surface area contributed by atoms with Crippen molar-refractivity contribution in [1.82, 2.24) is 25.5 Å². The molecule has 1 aromatic carbocycles. The molecule has 6 nitrogen and oxygen atoms in total. The van der Waals surface area contributed by atoms with Crippen molar-refractivity contribution in [3.05, 3.63) is 36.2 Å². The summed E-state index contributed by atoms with van der Waals surface area (Å²) in [4.78, 5) is 22.9. The van der Waals surface area contributed by atoms with Crippen LogP contribution in [0.5, 0.6) is 0 Å². The molecule has 1 aliphatic rings. The van der Waals surface area contributed by atoms with Gasteiger partial charge in [0.05, 0.1) is 11.0 Å². The number of nitrogens with one attached hydrogen (secondary N) is 2. The van der Waals surface area contributed by atoms with Crippen molar-refractivity contribution in [2.24, 2.45) is 0 Å². The Hall–Kier alpha value is -2.05. The SMILES string of the molecule is O=C(NCCN1CCNCC1)c1ccc2nccnc2c1. The summed E-state index contributed by atoms with van der Waals surface area (Å²) in [5, 5.41) is 6.28. The molecule has 2 N–H and O–H groups in total. The van der Waals surface area contributed by atoms with Crippen molar-refractivity contribution in [2.45, 2.75) is 0 Å². The predicted molar refractivity (Wildman–Crippen MR) is 81.2 cm³/mol. The van der Waals surface area contributed by atoms with E-state index in [1.807, 2.05) is 6.07 Å². The molecular weight excluding hydrogens is 266 g/mol. The number of nitrogens with zero attached hydrogens (tertiary/aromatic N) is 3. The van der Waals surface area contributed by atoms with Crippen molar-refractivity contribution < 1.29 is 4.79 Å². The number of hydrogen-bond acceptors (Lipinski definition) is 5. The first-order chi connectivity index (χ1) is 10.3. The van der Waals surface area contributed by atoms with Crippen LogP contribution in [0.25, 0.3) is 11.0 Å². The summed E-state index contributed by atoms with van der Waals surface area (Å²) in [5.74, 6) is -0.0577. The van der Waals surface area contributed by atoms with E-state index in [1.165, 1.54) is 0 Å². The van der Waals surface area contributed by atoms with Crippen LogP contribution in [0.3, 0.4) is 0 Å². The number of carbonyl (C=O) groups is 1. The third-order valence-corrected chi connectivity index (χ3v) is 3.65. The zero-order chi connectivity index (χ0) is 14.5. The highest BCUT2D eigenvalue weighted by molar-refractivity contribution is 5.97. The van der Waals surface area contributed by atoms with Crippen LogP contribution in [0.4, 0.5) is 0 Å². The molecule has 0 saturated carbocycles. The van der Waals surface area contributed by atoms with Crippen LogP contribution in [0.1, 0.15) is 10.4 Å². The third kappa shape index (κ3) is 3.53. The van der Waals surface area contributed by atoms with Crippen LogP contribution >= 0.6 is 0 Å². The molecule has 1 fully saturated rings. The van der Waals surface area contributed by atoms with Gasteiger partial charge in [0.1, 0.15) is 0 Å². The second-order valence-electron chi connectivity index (χ2n) is 5.11. The van der Waals surface area contributed by atoms with Crippen LogP contribution in [0, 0.1) is 0 Å². The second kappa shape index (κ2) is 6.60. The van der Waals surface area contributed by atoms with Gasteiger partial charge in [-0.1, -0.05) is 0 Å². The van der Waals surface area contributed by atoms with E-state index >= 15 is 0 Å². The number of amides is 1. The van der Waals surface area contributed by atoms with Crippen LogP contribution in [-0.2, 0) is 0 Å². The molecule has 0 unspecified atom stereocenters.